The first-order valence-electron chi connectivity index (χ1n) is 3.09. The van der Waals surface area contributed by atoms with Gasteiger partial charge < -0.3 is 5.11 Å². The van der Waals surface area contributed by atoms with Crippen LogP contribution in [-0.2, 0) is 4.79 Å². The van der Waals surface area contributed by atoms with E-state index in [1.165, 1.54) is 6.92 Å². The second kappa shape index (κ2) is 8.01. The van der Waals surface area contributed by atoms with Crippen molar-refractivity contribution in [2.75, 3.05) is 5.75 Å². The van der Waals surface area contributed by atoms with Gasteiger partial charge in [0.25, 0.3) is 0 Å². The molecule has 0 fully saturated rings. The Bertz CT molecular complexity index is 120. The van der Waals surface area contributed by atoms with Crippen LogP contribution in [-0.4, -0.2) is 22.1 Å². The van der Waals surface area contributed by atoms with E-state index in [1.54, 1.807) is 0 Å². The number of hydrogen-bond donors (Lipinski definition) is 3. The van der Waals surface area contributed by atoms with Crippen LogP contribution in [0.5, 0.6) is 0 Å². The van der Waals surface area contributed by atoms with Gasteiger partial charge in [0.15, 0.2) is 0 Å². The normalized spacial score (nSPS) is 10.9. The Kier molecular flexibility index (Phi) is 9.83. The van der Waals surface area contributed by atoms with Crippen LogP contribution >= 0.6 is 25.3 Å². The number of carboxylic acid groups (broad SMARTS) is 1. The largest absolute Gasteiger partial charge is 0.478 e. The molecule has 0 rings (SSSR count). The minimum absolute atomic E-state index is 0.176. The van der Waals surface area contributed by atoms with Gasteiger partial charge in [-0.05, 0) is 6.92 Å². The van der Waals surface area contributed by atoms with Crippen molar-refractivity contribution in [3.05, 3.63) is 12.2 Å². The Morgan fingerprint density at radius 2 is 1.91 bits per heavy atom. The number of rotatable bonds is 2. The van der Waals surface area contributed by atoms with Crippen LogP contribution < -0.4 is 0 Å². The lowest BCUT2D eigenvalue weighted by Gasteiger charge is -1.89. The third kappa shape index (κ3) is 17.8. The Morgan fingerprint density at radius 3 is 1.91 bits per heavy atom. The third-order valence-electron chi connectivity index (χ3n) is 0.629. The van der Waals surface area contributed by atoms with Crippen molar-refractivity contribution in [3.8, 4) is 0 Å². The topological polar surface area (TPSA) is 37.3 Å². The highest BCUT2D eigenvalue weighted by Gasteiger charge is 1.90. The molecule has 66 valence electrons. The number of aliphatic carboxylic acids is 1. The van der Waals surface area contributed by atoms with Gasteiger partial charge in [-0.2, -0.15) is 25.3 Å². The summed E-state index contributed by atoms with van der Waals surface area (Å²) >= 11 is 7.96. The molecule has 4 heteroatoms. The average molecular weight is 194 g/mol. The van der Waals surface area contributed by atoms with E-state index in [0.717, 1.165) is 5.75 Å². The average Bonchev–Trinajstić information content (AvgIpc) is 1.89. The fraction of sp³-hybridized carbons (Fsp3) is 0.571. The zero-order chi connectivity index (χ0) is 9.44. The maximum atomic E-state index is 9.60. The second-order valence-corrected chi connectivity index (χ2v) is 3.36. The predicted octanol–water partition coefficient (Wildman–Crippen LogP) is 1.88. The summed E-state index contributed by atoms with van der Waals surface area (Å²) in [5.41, 5.74) is 0.176. The van der Waals surface area contributed by atoms with Crippen molar-refractivity contribution in [1.29, 1.82) is 0 Å². The standard InChI is InChI=1S/C4H6O2.C3H8S2/c1-3(2)4(5)6;1-3(5)2-4/h1H2,2H3,(H,5,6);3-5H,2H2,1H3. The SMILES string of the molecule is C=C(C)C(=O)O.CC(S)CS. The molecule has 1 atom stereocenters. The summed E-state index contributed by atoms with van der Waals surface area (Å²) < 4.78 is 0. The highest BCUT2D eigenvalue weighted by molar-refractivity contribution is 7.84. The molecule has 0 aliphatic carbocycles. The van der Waals surface area contributed by atoms with Gasteiger partial charge in [0.1, 0.15) is 0 Å². The minimum Gasteiger partial charge on any atom is -0.478 e. The van der Waals surface area contributed by atoms with Crippen LogP contribution in [0.15, 0.2) is 12.2 Å². The number of thiol groups is 2. The first-order chi connectivity index (χ1) is 4.91. The fourth-order valence-electron chi connectivity index (χ4n) is 0. The Labute approximate surface area is 78.5 Å². The van der Waals surface area contributed by atoms with Crippen LogP contribution in [0.1, 0.15) is 13.8 Å². The molecule has 0 heterocycles. The van der Waals surface area contributed by atoms with Crippen molar-refractivity contribution in [3.63, 3.8) is 0 Å². The summed E-state index contributed by atoms with van der Waals surface area (Å²) in [6, 6.07) is 0. The minimum atomic E-state index is -0.935. The number of hydrogen-bond acceptors (Lipinski definition) is 3. The van der Waals surface area contributed by atoms with E-state index in [9.17, 15) is 4.79 Å². The molecule has 1 unspecified atom stereocenters. The zero-order valence-electron chi connectivity index (χ0n) is 6.74. The molecule has 0 amide bonds. The first kappa shape index (κ1) is 13.5. The molecule has 1 N–H and O–H groups in total. The van der Waals surface area contributed by atoms with Gasteiger partial charge in [0, 0.05) is 16.6 Å². The van der Waals surface area contributed by atoms with Crippen molar-refractivity contribution in [2.45, 2.75) is 19.1 Å². The lowest BCUT2D eigenvalue weighted by Crippen LogP contribution is -1.92. The summed E-state index contributed by atoms with van der Waals surface area (Å²) in [6.45, 7) is 6.61. The van der Waals surface area contributed by atoms with Crippen LogP contribution in [0.4, 0.5) is 0 Å². The number of carbonyl (C=O) groups is 1. The lowest BCUT2D eigenvalue weighted by atomic mass is 10.4. The molecule has 11 heavy (non-hydrogen) atoms. The van der Waals surface area contributed by atoms with Crippen LogP contribution in [0, 0.1) is 0 Å². The molecule has 0 spiro atoms. The zero-order valence-corrected chi connectivity index (χ0v) is 8.53. The highest BCUT2D eigenvalue weighted by atomic mass is 32.1. The van der Waals surface area contributed by atoms with E-state index in [0.29, 0.717) is 5.25 Å². The highest BCUT2D eigenvalue weighted by Crippen LogP contribution is 1.91. The molecule has 0 aromatic carbocycles. The molecule has 0 bridgehead atoms. The molecule has 2 nitrogen and oxygen atoms in total. The third-order valence-corrected chi connectivity index (χ3v) is 1.65. The molecule has 0 saturated carbocycles. The van der Waals surface area contributed by atoms with Crippen LogP contribution in [0.25, 0.3) is 0 Å². The molecule has 0 aliphatic rings. The summed E-state index contributed by atoms with van der Waals surface area (Å²) in [5, 5.41) is 8.33. The van der Waals surface area contributed by atoms with E-state index in [4.69, 9.17) is 5.11 Å². The van der Waals surface area contributed by atoms with Crippen molar-refractivity contribution in [1.82, 2.24) is 0 Å². The molecule has 0 aromatic heterocycles. The van der Waals surface area contributed by atoms with Gasteiger partial charge in [0.05, 0.1) is 0 Å². The summed E-state index contributed by atoms with van der Waals surface area (Å²) in [5.74, 6) is -0.0710. The smallest absolute Gasteiger partial charge is 0.330 e. The fourth-order valence-corrected chi connectivity index (χ4v) is 0. The van der Waals surface area contributed by atoms with E-state index >= 15 is 0 Å². The van der Waals surface area contributed by atoms with Gasteiger partial charge in [0.2, 0.25) is 0 Å². The molecular formula is C7H14O2S2. The summed E-state index contributed by atoms with van der Waals surface area (Å²) in [7, 11) is 0. The first-order valence-corrected chi connectivity index (χ1v) is 4.24. The van der Waals surface area contributed by atoms with Crippen molar-refractivity contribution in [2.24, 2.45) is 0 Å². The molecular weight excluding hydrogens is 180 g/mol. The maximum absolute atomic E-state index is 9.60. The second-order valence-electron chi connectivity index (χ2n) is 2.12. The van der Waals surface area contributed by atoms with Crippen LogP contribution in [0.3, 0.4) is 0 Å². The summed E-state index contributed by atoms with van der Waals surface area (Å²) in [6.07, 6.45) is 0. The molecule has 0 saturated heterocycles. The van der Waals surface area contributed by atoms with Crippen molar-refractivity contribution >= 4 is 31.2 Å². The van der Waals surface area contributed by atoms with E-state index < -0.39 is 5.97 Å². The summed E-state index contributed by atoms with van der Waals surface area (Å²) in [4.78, 5) is 9.60. The Morgan fingerprint density at radius 1 is 1.73 bits per heavy atom. The van der Waals surface area contributed by atoms with E-state index in [-0.39, 0.29) is 5.57 Å². The molecule has 0 aliphatic heterocycles. The van der Waals surface area contributed by atoms with Crippen molar-refractivity contribution < 1.29 is 9.90 Å². The quantitative estimate of drug-likeness (QED) is 0.464. The van der Waals surface area contributed by atoms with Gasteiger partial charge in [-0.25, -0.2) is 4.79 Å². The molecule has 0 aromatic rings. The Hall–Kier alpha value is -0.0900. The van der Waals surface area contributed by atoms with Gasteiger partial charge in [-0.15, -0.1) is 0 Å². The van der Waals surface area contributed by atoms with Gasteiger partial charge in [-0.3, -0.25) is 0 Å². The van der Waals surface area contributed by atoms with E-state index in [2.05, 4.69) is 31.8 Å². The predicted molar refractivity (Wildman–Crippen MR) is 54.8 cm³/mol. The van der Waals surface area contributed by atoms with Gasteiger partial charge in [-0.1, -0.05) is 13.5 Å². The lowest BCUT2D eigenvalue weighted by molar-refractivity contribution is -0.132. The maximum Gasteiger partial charge on any atom is 0.330 e. The van der Waals surface area contributed by atoms with Crippen LogP contribution in [0.2, 0.25) is 0 Å². The number of carboxylic acids is 1. The monoisotopic (exact) mass is 194 g/mol. The Balaban J connectivity index is 0. The van der Waals surface area contributed by atoms with E-state index in [1.807, 2.05) is 6.92 Å². The van der Waals surface area contributed by atoms with Gasteiger partial charge >= 0.3 is 5.97 Å². The molecule has 0 radical (unpaired) electrons.